The Hall–Kier alpha value is -3.44. The quantitative estimate of drug-likeness (QED) is 0.369. The van der Waals surface area contributed by atoms with E-state index in [0.717, 1.165) is 19.3 Å². The van der Waals surface area contributed by atoms with Crippen molar-refractivity contribution in [3.8, 4) is 11.5 Å². The molecular formula is C23H26N4O6S. The molecule has 180 valence electrons. The minimum atomic E-state index is -4.11. The van der Waals surface area contributed by atoms with Crippen LogP contribution in [0.5, 0.6) is 11.5 Å². The van der Waals surface area contributed by atoms with Crippen LogP contribution in [0.25, 0.3) is 10.8 Å². The van der Waals surface area contributed by atoms with Crippen molar-refractivity contribution in [2.24, 2.45) is 0 Å². The number of carbonyl (C=O) groups excluding carboxylic acids is 1. The number of nitrogens with zero attached hydrogens (tertiary/aromatic N) is 2. The van der Waals surface area contributed by atoms with E-state index >= 15 is 0 Å². The molecule has 2 heterocycles. The fourth-order valence-corrected chi connectivity index (χ4v) is 4.46. The largest absolute Gasteiger partial charge is 0.490 e. The second-order valence-corrected chi connectivity index (χ2v) is 9.53. The SMILES string of the molecule is CCCCCn1nc(C(=O)NNS(=O)(=O)c2ccc3c(c2)OCCCO3)c2ccccc2c1=O. The summed E-state index contributed by atoms with van der Waals surface area (Å²) >= 11 is 0. The van der Waals surface area contributed by atoms with Crippen LogP contribution < -0.4 is 25.3 Å². The highest BCUT2D eigenvalue weighted by Crippen LogP contribution is 2.31. The fraction of sp³-hybridized carbons (Fsp3) is 0.348. The normalized spacial score (nSPS) is 13.4. The highest BCUT2D eigenvalue weighted by Gasteiger charge is 2.22. The summed E-state index contributed by atoms with van der Waals surface area (Å²) in [7, 11) is -4.11. The van der Waals surface area contributed by atoms with E-state index in [0.29, 0.717) is 48.5 Å². The first-order valence-corrected chi connectivity index (χ1v) is 12.6. The highest BCUT2D eigenvalue weighted by molar-refractivity contribution is 7.89. The molecule has 0 atom stereocenters. The Morgan fingerprint density at radius 3 is 2.56 bits per heavy atom. The van der Waals surface area contributed by atoms with Gasteiger partial charge in [0.05, 0.1) is 23.5 Å². The van der Waals surface area contributed by atoms with E-state index in [-0.39, 0.29) is 16.1 Å². The molecule has 0 saturated heterocycles. The van der Waals surface area contributed by atoms with Crippen molar-refractivity contribution in [1.82, 2.24) is 20.0 Å². The molecular weight excluding hydrogens is 460 g/mol. The van der Waals surface area contributed by atoms with Crippen LogP contribution in [-0.4, -0.2) is 37.3 Å². The molecule has 1 aromatic heterocycles. The van der Waals surface area contributed by atoms with Crippen LogP contribution in [0.3, 0.4) is 0 Å². The summed E-state index contributed by atoms with van der Waals surface area (Å²) in [5, 5.41) is 4.91. The minimum Gasteiger partial charge on any atom is -0.490 e. The number of aromatic nitrogens is 2. The van der Waals surface area contributed by atoms with Crippen LogP contribution in [0.15, 0.2) is 52.2 Å². The average molecular weight is 487 g/mol. The van der Waals surface area contributed by atoms with Crippen LogP contribution in [0.1, 0.15) is 43.1 Å². The van der Waals surface area contributed by atoms with Crippen molar-refractivity contribution in [1.29, 1.82) is 0 Å². The Morgan fingerprint density at radius 1 is 1.06 bits per heavy atom. The third-order valence-electron chi connectivity index (χ3n) is 5.38. The van der Waals surface area contributed by atoms with Crippen molar-refractivity contribution in [2.45, 2.75) is 44.0 Å². The topological polar surface area (TPSA) is 129 Å². The Morgan fingerprint density at radius 2 is 1.79 bits per heavy atom. The number of ether oxygens (including phenoxy) is 2. The summed E-state index contributed by atoms with van der Waals surface area (Å²) in [6.07, 6.45) is 3.31. The van der Waals surface area contributed by atoms with Gasteiger partial charge in [-0.3, -0.25) is 15.0 Å². The lowest BCUT2D eigenvalue weighted by Gasteiger charge is -2.13. The van der Waals surface area contributed by atoms with Gasteiger partial charge in [-0.2, -0.15) is 5.10 Å². The Bertz CT molecular complexity index is 1370. The average Bonchev–Trinajstić information content (AvgIpc) is 3.09. The van der Waals surface area contributed by atoms with Gasteiger partial charge < -0.3 is 9.47 Å². The summed E-state index contributed by atoms with van der Waals surface area (Å²) in [5.41, 5.74) is 1.87. The first kappa shape index (κ1) is 23.7. The van der Waals surface area contributed by atoms with Gasteiger partial charge in [-0.25, -0.2) is 13.1 Å². The number of hydrogen-bond donors (Lipinski definition) is 2. The molecule has 3 aromatic rings. The van der Waals surface area contributed by atoms with Gasteiger partial charge in [-0.1, -0.05) is 38.0 Å². The summed E-state index contributed by atoms with van der Waals surface area (Å²) in [4.78, 5) is 27.7. The summed E-state index contributed by atoms with van der Waals surface area (Å²) in [6, 6.07) is 10.8. The molecule has 34 heavy (non-hydrogen) atoms. The van der Waals surface area contributed by atoms with Crippen molar-refractivity contribution in [3.05, 3.63) is 58.5 Å². The monoisotopic (exact) mass is 486 g/mol. The number of sulfonamides is 1. The molecule has 2 N–H and O–H groups in total. The van der Waals surface area contributed by atoms with Gasteiger partial charge in [-0.15, -0.1) is 4.83 Å². The second kappa shape index (κ2) is 10.2. The summed E-state index contributed by atoms with van der Waals surface area (Å²) < 4.78 is 37.9. The predicted octanol–water partition coefficient (Wildman–Crippen LogP) is 2.37. The molecule has 10 nitrogen and oxygen atoms in total. The number of fused-ring (bicyclic) bond motifs is 2. The molecule has 0 saturated carbocycles. The first-order chi connectivity index (χ1) is 16.4. The number of amides is 1. The van der Waals surface area contributed by atoms with Gasteiger partial charge in [-0.05, 0) is 24.6 Å². The fourth-order valence-electron chi connectivity index (χ4n) is 3.61. The summed E-state index contributed by atoms with van der Waals surface area (Å²) in [6.45, 7) is 3.30. The predicted molar refractivity (Wildman–Crippen MR) is 125 cm³/mol. The van der Waals surface area contributed by atoms with Crippen LogP contribution in [-0.2, 0) is 16.6 Å². The van der Waals surface area contributed by atoms with Crippen molar-refractivity contribution < 1.29 is 22.7 Å². The smallest absolute Gasteiger partial charge is 0.287 e. The van der Waals surface area contributed by atoms with E-state index in [1.807, 2.05) is 6.92 Å². The summed E-state index contributed by atoms with van der Waals surface area (Å²) in [5.74, 6) is -0.00152. The van der Waals surface area contributed by atoms with Gasteiger partial charge in [0.2, 0.25) is 0 Å². The minimum absolute atomic E-state index is 0.0481. The number of carbonyl (C=O) groups is 1. The molecule has 0 spiro atoms. The molecule has 0 radical (unpaired) electrons. The number of hydrazine groups is 1. The molecule has 1 aliphatic heterocycles. The number of hydrogen-bond acceptors (Lipinski definition) is 7. The van der Waals surface area contributed by atoms with Crippen LogP contribution >= 0.6 is 0 Å². The van der Waals surface area contributed by atoms with Crippen molar-refractivity contribution in [3.63, 3.8) is 0 Å². The number of benzene rings is 2. The molecule has 0 aliphatic carbocycles. The third-order valence-corrected chi connectivity index (χ3v) is 6.63. The van der Waals surface area contributed by atoms with E-state index in [9.17, 15) is 18.0 Å². The number of aryl methyl sites for hydroxylation is 1. The molecule has 0 bridgehead atoms. The first-order valence-electron chi connectivity index (χ1n) is 11.1. The lowest BCUT2D eigenvalue weighted by molar-refractivity contribution is 0.0939. The van der Waals surface area contributed by atoms with Crippen LogP contribution in [0, 0.1) is 0 Å². The van der Waals surface area contributed by atoms with Crippen molar-refractivity contribution >= 4 is 26.7 Å². The number of rotatable bonds is 8. The van der Waals surface area contributed by atoms with Crippen LogP contribution in [0.2, 0.25) is 0 Å². The van der Waals surface area contributed by atoms with Gasteiger partial charge in [0.25, 0.3) is 21.5 Å². The maximum absolute atomic E-state index is 12.9. The lowest BCUT2D eigenvalue weighted by Crippen LogP contribution is -2.42. The molecule has 2 aromatic carbocycles. The molecule has 0 fully saturated rings. The lowest BCUT2D eigenvalue weighted by atomic mass is 10.1. The van der Waals surface area contributed by atoms with E-state index in [1.54, 1.807) is 24.3 Å². The van der Waals surface area contributed by atoms with E-state index < -0.39 is 15.9 Å². The molecule has 11 heteroatoms. The standard InChI is InChI=1S/C23H26N4O6S/c1-2-3-6-12-27-23(29)18-9-5-4-8-17(18)21(25-27)22(28)24-26-34(30,31)16-10-11-19-20(15-16)33-14-7-13-32-19/h4-5,8-11,15,26H,2-3,6-7,12-14H2,1H3,(H,24,28). The van der Waals surface area contributed by atoms with Gasteiger partial charge in [0, 0.05) is 24.4 Å². The number of unbranched alkanes of at least 4 members (excludes halogenated alkanes) is 2. The molecule has 1 amide bonds. The van der Waals surface area contributed by atoms with Gasteiger partial charge in [0.15, 0.2) is 17.2 Å². The van der Waals surface area contributed by atoms with E-state index in [4.69, 9.17) is 9.47 Å². The zero-order valence-electron chi connectivity index (χ0n) is 18.7. The van der Waals surface area contributed by atoms with Gasteiger partial charge in [0.1, 0.15) is 0 Å². The number of nitrogens with one attached hydrogen (secondary N) is 2. The molecule has 1 aliphatic rings. The maximum Gasteiger partial charge on any atom is 0.287 e. The zero-order valence-corrected chi connectivity index (χ0v) is 19.6. The Labute approximate surface area is 196 Å². The zero-order chi connectivity index (χ0) is 24.1. The van der Waals surface area contributed by atoms with Crippen LogP contribution in [0.4, 0.5) is 0 Å². The second-order valence-electron chi connectivity index (χ2n) is 7.85. The highest BCUT2D eigenvalue weighted by atomic mass is 32.2. The molecule has 0 unspecified atom stereocenters. The molecule has 4 rings (SSSR count). The Kier molecular flexibility index (Phi) is 7.13. The maximum atomic E-state index is 12.9. The van der Waals surface area contributed by atoms with Crippen molar-refractivity contribution in [2.75, 3.05) is 13.2 Å². The third kappa shape index (κ3) is 5.05. The van der Waals surface area contributed by atoms with E-state index in [1.165, 1.54) is 22.9 Å². The van der Waals surface area contributed by atoms with E-state index in [2.05, 4.69) is 15.4 Å². The Balaban J connectivity index is 1.58. The van der Waals surface area contributed by atoms with Gasteiger partial charge >= 0.3 is 0 Å².